The Hall–Kier alpha value is -2.95. The van der Waals surface area contributed by atoms with Crippen molar-refractivity contribution in [3.05, 3.63) is 41.7 Å². The molecular weight excluding hydrogens is 444 g/mol. The molecule has 1 aromatic carbocycles. The first-order valence-corrected chi connectivity index (χ1v) is 11.6. The van der Waals surface area contributed by atoms with Crippen LogP contribution in [0.15, 0.2) is 30.3 Å². The van der Waals surface area contributed by atoms with Crippen LogP contribution in [0.3, 0.4) is 0 Å². The van der Waals surface area contributed by atoms with Crippen LogP contribution in [0.25, 0.3) is 0 Å². The summed E-state index contributed by atoms with van der Waals surface area (Å²) in [6.07, 6.45) is 0.220. The minimum atomic E-state index is -0.634. The van der Waals surface area contributed by atoms with E-state index in [4.69, 9.17) is 4.74 Å². The highest BCUT2D eigenvalue weighted by molar-refractivity contribution is 8.01. The van der Waals surface area contributed by atoms with E-state index in [9.17, 15) is 14.4 Å². The normalized spacial score (nSPS) is 23.6. The Bertz CT molecular complexity index is 1060. The van der Waals surface area contributed by atoms with Crippen LogP contribution in [0, 0.1) is 5.41 Å². The summed E-state index contributed by atoms with van der Waals surface area (Å²) in [4.78, 5) is 40.4. The highest BCUT2D eigenvalue weighted by Crippen LogP contribution is 2.56. The molecule has 0 spiro atoms. The van der Waals surface area contributed by atoms with Crippen molar-refractivity contribution in [2.45, 2.75) is 70.0 Å². The highest BCUT2D eigenvalue weighted by Gasteiger charge is 2.63. The Morgan fingerprint density at radius 3 is 2.58 bits per heavy atom. The molecule has 2 aliphatic rings. The van der Waals surface area contributed by atoms with Crippen LogP contribution in [0.1, 0.15) is 52.0 Å². The van der Waals surface area contributed by atoms with Crippen LogP contribution < -0.4 is 5.32 Å². The van der Waals surface area contributed by atoms with Crippen molar-refractivity contribution in [3.63, 3.8) is 0 Å². The van der Waals surface area contributed by atoms with E-state index >= 15 is 0 Å². The summed E-state index contributed by atoms with van der Waals surface area (Å²) in [7, 11) is 0. The average molecular weight is 473 g/mol. The molecule has 0 radical (unpaired) electrons. The molecule has 3 heterocycles. The monoisotopic (exact) mass is 472 g/mol. The summed E-state index contributed by atoms with van der Waals surface area (Å²) >= 11 is 1.60. The van der Waals surface area contributed by atoms with Gasteiger partial charge in [-0.2, -0.15) is 0 Å². The van der Waals surface area contributed by atoms with E-state index in [-0.39, 0.29) is 36.3 Å². The van der Waals surface area contributed by atoms with Gasteiger partial charge in [0.25, 0.3) is 0 Å². The van der Waals surface area contributed by atoms with Gasteiger partial charge in [-0.1, -0.05) is 30.3 Å². The van der Waals surface area contributed by atoms with Crippen molar-refractivity contribution in [1.82, 2.24) is 30.4 Å². The fourth-order valence-electron chi connectivity index (χ4n) is 3.92. The summed E-state index contributed by atoms with van der Waals surface area (Å²) < 4.78 is 4.85. The zero-order valence-corrected chi connectivity index (χ0v) is 20.1. The molecule has 2 saturated heterocycles. The second-order valence-corrected chi connectivity index (χ2v) is 11.6. The van der Waals surface area contributed by atoms with Gasteiger partial charge in [-0.05, 0) is 45.4 Å². The molecule has 1 N–H and O–H groups in total. The first-order chi connectivity index (χ1) is 15.5. The highest BCUT2D eigenvalue weighted by atomic mass is 32.2. The van der Waals surface area contributed by atoms with Gasteiger partial charge >= 0.3 is 5.97 Å². The van der Waals surface area contributed by atoms with Gasteiger partial charge in [-0.25, -0.2) is 0 Å². The number of aromatic nitrogens is 4. The number of β-lactam (4-membered cyclic amide) rings is 1. The molecule has 33 heavy (non-hydrogen) atoms. The number of hydrogen-bond donors (Lipinski definition) is 1. The average Bonchev–Trinajstić information content (AvgIpc) is 3.30. The van der Waals surface area contributed by atoms with Crippen molar-refractivity contribution >= 4 is 29.5 Å². The van der Waals surface area contributed by atoms with Crippen molar-refractivity contribution in [1.29, 1.82) is 0 Å². The Balaban J connectivity index is 1.41. The van der Waals surface area contributed by atoms with Crippen LogP contribution in [0.5, 0.6) is 0 Å². The molecule has 3 atom stereocenters. The molecule has 2 amide bonds. The molecular formula is C22H28N6O4S. The molecule has 2 fully saturated rings. The lowest BCUT2D eigenvalue weighted by molar-refractivity contribution is -0.158. The number of nitrogens with zero attached hydrogens (tertiary/aromatic N) is 5. The second kappa shape index (κ2) is 8.44. The van der Waals surface area contributed by atoms with Crippen LogP contribution in [-0.4, -0.2) is 59.1 Å². The number of amides is 2. The van der Waals surface area contributed by atoms with Crippen molar-refractivity contribution in [3.8, 4) is 0 Å². The zero-order valence-electron chi connectivity index (χ0n) is 19.3. The number of benzene rings is 1. The lowest BCUT2D eigenvalue weighted by Crippen LogP contribution is -2.68. The number of nitrogens with one attached hydrogen (secondary N) is 1. The maximum absolute atomic E-state index is 13.0. The van der Waals surface area contributed by atoms with Crippen molar-refractivity contribution in [2.75, 3.05) is 0 Å². The third kappa shape index (κ3) is 4.59. The number of rotatable bonds is 6. The van der Waals surface area contributed by atoms with E-state index in [1.807, 2.05) is 44.2 Å². The predicted octanol–water partition coefficient (Wildman–Crippen LogP) is 1.68. The van der Waals surface area contributed by atoms with Crippen LogP contribution in [0.2, 0.25) is 0 Å². The van der Waals surface area contributed by atoms with Crippen LogP contribution >= 0.6 is 11.8 Å². The van der Waals surface area contributed by atoms with Gasteiger partial charge in [0.05, 0.1) is 11.8 Å². The summed E-state index contributed by atoms with van der Waals surface area (Å²) in [5.74, 6) is -0.347. The maximum Gasteiger partial charge on any atom is 0.313 e. The zero-order chi connectivity index (χ0) is 24.0. The smallest absolute Gasteiger partial charge is 0.313 e. The van der Waals surface area contributed by atoms with E-state index < -0.39 is 22.2 Å². The number of esters is 1. The molecule has 0 bridgehead atoms. The van der Waals surface area contributed by atoms with Gasteiger partial charge in [0.1, 0.15) is 17.5 Å². The Morgan fingerprint density at radius 2 is 1.91 bits per heavy atom. The molecule has 2 aromatic rings. The summed E-state index contributed by atoms with van der Waals surface area (Å²) in [5, 5.41) is 15.1. The maximum atomic E-state index is 13.0. The second-order valence-electron chi connectivity index (χ2n) is 9.80. The largest absolute Gasteiger partial charge is 0.440 e. The standard InChI is InChI=1S/C22H28N6O4S/c1-21(2,3)20(31)32-12-27-25-17(24-26-27)16-22(4,5)33-19-15(18(30)28(16)19)23-14(29)11-13-9-7-6-8-10-13/h6-10,15-16,19H,11-12H2,1-5H3,(H,23,29)/t15?,16?,19-/m0/s1. The van der Waals surface area contributed by atoms with Gasteiger partial charge in [-0.15, -0.1) is 26.8 Å². The van der Waals surface area contributed by atoms with Gasteiger partial charge < -0.3 is 15.0 Å². The Morgan fingerprint density at radius 1 is 1.21 bits per heavy atom. The molecule has 2 unspecified atom stereocenters. The topological polar surface area (TPSA) is 119 Å². The van der Waals surface area contributed by atoms with Gasteiger partial charge in [0, 0.05) is 4.75 Å². The number of thioether (sulfide) groups is 1. The lowest BCUT2D eigenvalue weighted by Gasteiger charge is -2.44. The molecule has 1 aromatic heterocycles. The van der Waals surface area contributed by atoms with E-state index in [0.717, 1.165) is 5.56 Å². The molecule has 10 nitrogen and oxygen atoms in total. The minimum absolute atomic E-state index is 0.154. The molecule has 0 saturated carbocycles. The third-order valence-electron chi connectivity index (χ3n) is 5.60. The SMILES string of the molecule is CC(C)(C)C(=O)OCn1nnc(C2N3C(=O)C(NC(=O)Cc4ccccc4)[C@@H]3SC2(C)C)n1. The third-order valence-corrected chi connectivity index (χ3v) is 7.17. The first-order valence-electron chi connectivity index (χ1n) is 10.8. The Labute approximate surface area is 196 Å². The summed E-state index contributed by atoms with van der Waals surface area (Å²) in [6.45, 7) is 9.16. The van der Waals surface area contributed by atoms with Crippen LogP contribution in [-0.2, 0) is 32.3 Å². The van der Waals surface area contributed by atoms with Crippen molar-refractivity contribution < 1.29 is 19.1 Å². The van der Waals surface area contributed by atoms with Crippen molar-refractivity contribution in [2.24, 2.45) is 5.41 Å². The number of fused-ring (bicyclic) bond motifs is 1. The van der Waals surface area contributed by atoms with E-state index in [1.165, 1.54) is 4.80 Å². The van der Waals surface area contributed by atoms with Gasteiger partial charge in [0.15, 0.2) is 5.82 Å². The number of ether oxygens (including phenoxy) is 1. The van der Waals surface area contributed by atoms with Gasteiger partial charge in [0.2, 0.25) is 18.5 Å². The fraction of sp³-hybridized carbons (Fsp3) is 0.545. The molecule has 0 aliphatic carbocycles. The van der Waals surface area contributed by atoms with Gasteiger partial charge in [-0.3, -0.25) is 14.4 Å². The number of hydrogen-bond acceptors (Lipinski definition) is 8. The number of carbonyl (C=O) groups is 3. The fourth-order valence-corrected chi connectivity index (χ4v) is 5.55. The van der Waals surface area contributed by atoms with E-state index in [0.29, 0.717) is 5.82 Å². The van der Waals surface area contributed by atoms with Crippen LogP contribution in [0.4, 0.5) is 0 Å². The Kier molecular flexibility index (Phi) is 5.94. The first kappa shape index (κ1) is 23.2. The molecule has 2 aliphatic heterocycles. The number of tetrazole rings is 1. The number of carbonyl (C=O) groups excluding carboxylic acids is 3. The van der Waals surface area contributed by atoms with E-state index in [2.05, 4.69) is 20.7 Å². The summed E-state index contributed by atoms with van der Waals surface area (Å²) in [5.41, 5.74) is 0.258. The predicted molar refractivity (Wildman–Crippen MR) is 120 cm³/mol. The lowest BCUT2D eigenvalue weighted by atomic mass is 9.95. The molecule has 4 rings (SSSR count). The van der Waals surface area contributed by atoms with E-state index in [1.54, 1.807) is 37.4 Å². The minimum Gasteiger partial charge on any atom is -0.440 e. The molecule has 11 heteroatoms. The summed E-state index contributed by atoms with van der Waals surface area (Å²) in [6, 6.07) is 8.42. The quantitative estimate of drug-likeness (QED) is 0.498. The molecule has 176 valence electrons.